The van der Waals surface area contributed by atoms with Gasteiger partial charge in [-0.25, -0.2) is 17.5 Å². The van der Waals surface area contributed by atoms with Crippen molar-refractivity contribution in [1.29, 1.82) is 0 Å². The Labute approximate surface area is 136 Å². The fraction of sp³-hybridized carbons (Fsp3) is 0.333. The van der Waals surface area contributed by atoms with E-state index in [1.807, 2.05) is 19.9 Å². The Morgan fingerprint density at radius 1 is 1.00 bits per heavy atom. The van der Waals surface area contributed by atoms with Gasteiger partial charge in [-0.3, -0.25) is 0 Å². The third-order valence-electron chi connectivity index (χ3n) is 4.72. The molecule has 0 spiro atoms. The number of rotatable bonds is 4. The monoisotopic (exact) mass is 333 g/mol. The second kappa shape index (κ2) is 5.73. The summed E-state index contributed by atoms with van der Waals surface area (Å²) in [6.45, 7) is 3.85. The van der Waals surface area contributed by atoms with E-state index in [2.05, 4.69) is 4.72 Å². The van der Waals surface area contributed by atoms with Crippen LogP contribution in [0, 0.1) is 19.7 Å². The number of sulfonamides is 1. The van der Waals surface area contributed by atoms with Crippen molar-refractivity contribution in [2.75, 3.05) is 0 Å². The molecule has 0 atom stereocenters. The Hall–Kier alpha value is -1.72. The molecule has 0 aliphatic heterocycles. The van der Waals surface area contributed by atoms with Gasteiger partial charge < -0.3 is 0 Å². The van der Waals surface area contributed by atoms with Crippen LogP contribution in [0.4, 0.5) is 4.39 Å². The maximum absolute atomic E-state index is 13.1. The quantitative estimate of drug-likeness (QED) is 0.925. The van der Waals surface area contributed by atoms with Crippen LogP contribution < -0.4 is 4.72 Å². The van der Waals surface area contributed by atoms with E-state index in [0.717, 1.165) is 36.0 Å². The van der Waals surface area contributed by atoms with Crippen molar-refractivity contribution < 1.29 is 12.8 Å². The van der Waals surface area contributed by atoms with Crippen LogP contribution in [-0.2, 0) is 15.6 Å². The van der Waals surface area contributed by atoms with Gasteiger partial charge in [0.25, 0.3) is 0 Å². The topological polar surface area (TPSA) is 46.2 Å². The first-order chi connectivity index (χ1) is 10.8. The molecule has 2 aromatic carbocycles. The van der Waals surface area contributed by atoms with E-state index in [4.69, 9.17) is 0 Å². The Morgan fingerprint density at radius 2 is 1.65 bits per heavy atom. The minimum absolute atomic E-state index is 0.272. The van der Waals surface area contributed by atoms with Gasteiger partial charge in [0.2, 0.25) is 10.0 Å². The average molecular weight is 333 g/mol. The first-order valence-corrected chi connectivity index (χ1v) is 9.18. The van der Waals surface area contributed by atoms with Crippen LogP contribution in [-0.4, -0.2) is 8.42 Å². The zero-order valence-corrected chi connectivity index (χ0v) is 14.1. The molecule has 1 aliphatic rings. The van der Waals surface area contributed by atoms with E-state index in [-0.39, 0.29) is 10.7 Å². The molecule has 0 aromatic heterocycles. The second-order valence-electron chi connectivity index (χ2n) is 6.29. The zero-order valence-electron chi connectivity index (χ0n) is 13.3. The van der Waals surface area contributed by atoms with E-state index >= 15 is 0 Å². The summed E-state index contributed by atoms with van der Waals surface area (Å²) in [7, 11) is -3.62. The van der Waals surface area contributed by atoms with Crippen molar-refractivity contribution >= 4 is 10.0 Å². The number of halogens is 1. The molecule has 3 nitrogen and oxygen atoms in total. The SMILES string of the molecule is Cc1ccc(S(=O)(=O)NC2(c3ccc(F)cc3)CCC2)cc1C. The van der Waals surface area contributed by atoms with Gasteiger partial charge in [-0.2, -0.15) is 0 Å². The Bertz CT molecular complexity index is 825. The number of benzene rings is 2. The van der Waals surface area contributed by atoms with Crippen molar-refractivity contribution in [3.63, 3.8) is 0 Å². The van der Waals surface area contributed by atoms with Gasteiger partial charge in [-0.05, 0) is 74.1 Å². The lowest BCUT2D eigenvalue weighted by Crippen LogP contribution is -2.50. The summed E-state index contributed by atoms with van der Waals surface area (Å²) in [6, 6.07) is 11.2. The molecule has 122 valence electrons. The standard InChI is InChI=1S/C18H20FNO2S/c1-13-4-9-17(12-14(13)2)23(21,22)20-18(10-3-11-18)15-5-7-16(19)8-6-15/h4-9,12,20H,3,10-11H2,1-2H3. The molecule has 1 fully saturated rings. The molecule has 0 radical (unpaired) electrons. The Kier molecular flexibility index (Phi) is 4.02. The Morgan fingerprint density at radius 3 is 2.17 bits per heavy atom. The summed E-state index contributed by atoms with van der Waals surface area (Å²) in [4.78, 5) is 0.272. The van der Waals surface area contributed by atoms with Crippen molar-refractivity contribution in [1.82, 2.24) is 4.72 Å². The van der Waals surface area contributed by atoms with Crippen molar-refractivity contribution in [2.45, 2.75) is 43.5 Å². The van der Waals surface area contributed by atoms with Crippen LogP contribution >= 0.6 is 0 Å². The third-order valence-corrected chi connectivity index (χ3v) is 6.26. The molecule has 1 aliphatic carbocycles. The van der Waals surface area contributed by atoms with Gasteiger partial charge in [0.05, 0.1) is 10.4 Å². The molecular formula is C18H20FNO2S. The first-order valence-electron chi connectivity index (χ1n) is 7.70. The number of nitrogens with one attached hydrogen (secondary N) is 1. The summed E-state index contributed by atoms with van der Waals surface area (Å²) in [5.41, 5.74) is 2.20. The minimum atomic E-state index is -3.62. The van der Waals surface area contributed by atoms with E-state index < -0.39 is 15.6 Å². The maximum atomic E-state index is 13.1. The lowest BCUT2D eigenvalue weighted by atomic mass is 9.73. The summed E-state index contributed by atoms with van der Waals surface area (Å²) < 4.78 is 41.5. The third kappa shape index (κ3) is 3.03. The smallest absolute Gasteiger partial charge is 0.207 e. The predicted octanol–water partition coefficient (Wildman–Crippen LogP) is 3.80. The first kappa shape index (κ1) is 16.1. The van der Waals surface area contributed by atoms with E-state index in [9.17, 15) is 12.8 Å². The molecule has 23 heavy (non-hydrogen) atoms. The minimum Gasteiger partial charge on any atom is -0.207 e. The normalized spacial score (nSPS) is 16.8. The molecule has 0 heterocycles. The maximum Gasteiger partial charge on any atom is 0.241 e. The number of hydrogen-bond donors (Lipinski definition) is 1. The zero-order chi connectivity index (χ0) is 16.7. The van der Waals surface area contributed by atoms with Crippen LogP contribution in [0.1, 0.15) is 36.0 Å². The van der Waals surface area contributed by atoms with E-state index in [1.54, 1.807) is 24.3 Å². The molecule has 3 rings (SSSR count). The van der Waals surface area contributed by atoms with Crippen LogP contribution in [0.15, 0.2) is 47.4 Å². The number of aryl methyl sites for hydroxylation is 2. The lowest BCUT2D eigenvalue weighted by molar-refractivity contribution is 0.224. The highest BCUT2D eigenvalue weighted by Gasteiger charge is 2.42. The van der Waals surface area contributed by atoms with Crippen LogP contribution in [0.2, 0.25) is 0 Å². The van der Waals surface area contributed by atoms with Crippen LogP contribution in [0.25, 0.3) is 0 Å². The lowest BCUT2D eigenvalue weighted by Gasteiger charge is -2.42. The summed E-state index contributed by atoms with van der Waals surface area (Å²) in [5.74, 6) is -0.319. The summed E-state index contributed by atoms with van der Waals surface area (Å²) in [6.07, 6.45) is 2.40. The average Bonchev–Trinajstić information content (AvgIpc) is 2.47. The molecule has 0 unspecified atom stereocenters. The van der Waals surface area contributed by atoms with Gasteiger partial charge in [-0.1, -0.05) is 18.2 Å². The highest BCUT2D eigenvalue weighted by Crippen LogP contribution is 2.42. The van der Waals surface area contributed by atoms with Crippen LogP contribution in [0.5, 0.6) is 0 Å². The summed E-state index contributed by atoms with van der Waals surface area (Å²) >= 11 is 0. The molecule has 2 aromatic rings. The fourth-order valence-electron chi connectivity index (χ4n) is 2.95. The Balaban J connectivity index is 1.94. The molecular weight excluding hydrogens is 313 g/mol. The molecule has 5 heteroatoms. The largest absolute Gasteiger partial charge is 0.241 e. The van der Waals surface area contributed by atoms with Gasteiger partial charge in [0.1, 0.15) is 5.82 Å². The van der Waals surface area contributed by atoms with Gasteiger partial charge >= 0.3 is 0 Å². The molecule has 0 amide bonds. The molecule has 0 saturated heterocycles. The van der Waals surface area contributed by atoms with Crippen molar-refractivity contribution in [2.24, 2.45) is 0 Å². The molecule has 1 saturated carbocycles. The highest BCUT2D eigenvalue weighted by atomic mass is 32.2. The van der Waals surface area contributed by atoms with Crippen molar-refractivity contribution in [3.8, 4) is 0 Å². The van der Waals surface area contributed by atoms with E-state index in [0.29, 0.717) is 0 Å². The van der Waals surface area contributed by atoms with Crippen LogP contribution in [0.3, 0.4) is 0 Å². The summed E-state index contributed by atoms with van der Waals surface area (Å²) in [5, 5.41) is 0. The predicted molar refractivity (Wildman–Crippen MR) is 88.2 cm³/mol. The molecule has 0 bridgehead atoms. The second-order valence-corrected chi connectivity index (χ2v) is 7.98. The van der Waals surface area contributed by atoms with E-state index in [1.165, 1.54) is 12.1 Å². The fourth-order valence-corrected chi connectivity index (χ4v) is 4.48. The molecule has 1 N–H and O–H groups in total. The van der Waals surface area contributed by atoms with Gasteiger partial charge in [0.15, 0.2) is 0 Å². The van der Waals surface area contributed by atoms with Crippen molar-refractivity contribution in [3.05, 3.63) is 65.0 Å². The van der Waals surface area contributed by atoms with Gasteiger partial charge in [-0.15, -0.1) is 0 Å². The highest BCUT2D eigenvalue weighted by molar-refractivity contribution is 7.89. The van der Waals surface area contributed by atoms with Gasteiger partial charge in [0, 0.05) is 0 Å². The number of hydrogen-bond acceptors (Lipinski definition) is 2.